The smallest absolute Gasteiger partial charge is 0.126 e. The fourth-order valence-corrected chi connectivity index (χ4v) is 3.09. The van der Waals surface area contributed by atoms with Crippen molar-refractivity contribution in [1.29, 1.82) is 0 Å². The fourth-order valence-electron chi connectivity index (χ4n) is 2.22. The second kappa shape index (κ2) is 3.47. The van der Waals surface area contributed by atoms with Crippen LogP contribution in [0.3, 0.4) is 0 Å². The van der Waals surface area contributed by atoms with Crippen LogP contribution >= 0.6 is 22.6 Å². The van der Waals surface area contributed by atoms with E-state index in [4.69, 9.17) is 0 Å². The highest BCUT2D eigenvalue weighted by atomic mass is 127. The number of alkyl halides is 1. The number of halogens is 2. The molecule has 0 radical (unpaired) electrons. The van der Waals surface area contributed by atoms with Crippen molar-refractivity contribution in [2.24, 2.45) is 0 Å². The molecule has 0 saturated heterocycles. The summed E-state index contributed by atoms with van der Waals surface area (Å²) < 4.78 is 13.8. The van der Waals surface area contributed by atoms with E-state index in [2.05, 4.69) is 35.6 Å². The molecule has 0 N–H and O–H groups in total. The second-order valence-corrected chi connectivity index (χ2v) is 6.70. The highest BCUT2D eigenvalue weighted by Gasteiger charge is 2.30. The summed E-state index contributed by atoms with van der Waals surface area (Å²) in [5, 5.41) is 0. The summed E-state index contributed by atoms with van der Waals surface area (Å²) in [6, 6.07) is 3.79. The summed E-state index contributed by atoms with van der Waals surface area (Å²) in [6.07, 6.45) is 3.16. The summed E-state index contributed by atoms with van der Waals surface area (Å²) in [4.78, 5) is 0. The molecular formula is C12H14FI. The van der Waals surface area contributed by atoms with E-state index in [1.165, 1.54) is 5.56 Å². The molecule has 0 heterocycles. The van der Waals surface area contributed by atoms with E-state index in [-0.39, 0.29) is 9.24 Å². The Morgan fingerprint density at radius 3 is 2.86 bits per heavy atom. The van der Waals surface area contributed by atoms with Crippen LogP contribution in [0.5, 0.6) is 0 Å². The molecule has 1 aromatic carbocycles. The van der Waals surface area contributed by atoms with Crippen LogP contribution in [0, 0.1) is 12.7 Å². The van der Waals surface area contributed by atoms with Gasteiger partial charge in [-0.05, 0) is 55.9 Å². The van der Waals surface area contributed by atoms with Crippen molar-refractivity contribution in [3.63, 3.8) is 0 Å². The van der Waals surface area contributed by atoms with Gasteiger partial charge in [-0.25, -0.2) is 4.39 Å². The van der Waals surface area contributed by atoms with E-state index in [0.29, 0.717) is 0 Å². The first kappa shape index (κ1) is 10.4. The highest BCUT2D eigenvalue weighted by molar-refractivity contribution is 14.1. The zero-order valence-corrected chi connectivity index (χ0v) is 10.7. The molecule has 0 nitrogen and oxygen atoms in total. The Bertz CT molecular complexity index is 369. The molecule has 0 aliphatic heterocycles. The van der Waals surface area contributed by atoms with Crippen molar-refractivity contribution in [2.45, 2.75) is 36.5 Å². The third-order valence-electron chi connectivity index (χ3n) is 2.97. The minimum atomic E-state index is -0.0115. The molecule has 0 spiro atoms. The Morgan fingerprint density at radius 2 is 2.14 bits per heavy atom. The lowest BCUT2D eigenvalue weighted by Gasteiger charge is -2.31. The number of rotatable bonds is 0. The minimum absolute atomic E-state index is 0.0115. The lowest BCUT2D eigenvalue weighted by atomic mass is 9.83. The van der Waals surface area contributed by atoms with Gasteiger partial charge in [-0.3, -0.25) is 0 Å². The van der Waals surface area contributed by atoms with Crippen molar-refractivity contribution in [1.82, 2.24) is 0 Å². The standard InChI is InChI=1S/C12H14FI/c1-8-6-10-9(11(13)7-8)4-3-5-12(10,2)14/h6-7H,3-5H2,1-2H3. The van der Waals surface area contributed by atoms with Gasteiger partial charge in [-0.2, -0.15) is 0 Å². The van der Waals surface area contributed by atoms with E-state index in [1.54, 1.807) is 6.07 Å². The summed E-state index contributed by atoms with van der Waals surface area (Å²) in [7, 11) is 0. The van der Waals surface area contributed by atoms with Gasteiger partial charge in [0.15, 0.2) is 0 Å². The molecule has 0 fully saturated rings. The van der Waals surface area contributed by atoms with Crippen molar-refractivity contribution < 1.29 is 4.39 Å². The third kappa shape index (κ3) is 1.69. The van der Waals surface area contributed by atoms with Gasteiger partial charge in [-0.1, -0.05) is 28.7 Å². The van der Waals surface area contributed by atoms with E-state index >= 15 is 0 Å². The maximum absolute atomic E-state index is 13.7. The molecule has 0 bridgehead atoms. The number of fused-ring (bicyclic) bond motifs is 1. The summed E-state index contributed by atoms with van der Waals surface area (Å²) in [6.45, 7) is 4.16. The molecule has 2 heteroatoms. The zero-order valence-electron chi connectivity index (χ0n) is 8.53. The molecule has 1 aromatic rings. The van der Waals surface area contributed by atoms with Crippen LogP contribution in [0.25, 0.3) is 0 Å². The van der Waals surface area contributed by atoms with Gasteiger partial charge in [0, 0.05) is 3.42 Å². The summed E-state index contributed by atoms with van der Waals surface area (Å²) >= 11 is 2.45. The van der Waals surface area contributed by atoms with E-state index in [1.807, 2.05) is 6.92 Å². The number of hydrogen-bond donors (Lipinski definition) is 0. The molecule has 2 rings (SSSR count). The minimum Gasteiger partial charge on any atom is -0.207 e. The summed E-state index contributed by atoms with van der Waals surface area (Å²) in [5.74, 6) is -0.0115. The second-order valence-electron chi connectivity index (χ2n) is 4.32. The topological polar surface area (TPSA) is 0 Å². The van der Waals surface area contributed by atoms with Crippen LogP contribution in [0.15, 0.2) is 12.1 Å². The van der Waals surface area contributed by atoms with Crippen LogP contribution in [0.1, 0.15) is 36.5 Å². The van der Waals surface area contributed by atoms with Crippen LogP contribution in [0.2, 0.25) is 0 Å². The van der Waals surface area contributed by atoms with Crippen LogP contribution in [-0.4, -0.2) is 0 Å². The Labute approximate surface area is 98.0 Å². The maximum Gasteiger partial charge on any atom is 0.126 e. The van der Waals surface area contributed by atoms with Crippen molar-refractivity contribution in [3.05, 3.63) is 34.6 Å². The number of aryl methyl sites for hydroxylation is 1. The largest absolute Gasteiger partial charge is 0.207 e. The van der Waals surface area contributed by atoms with Gasteiger partial charge in [-0.15, -0.1) is 0 Å². The first-order chi connectivity index (χ1) is 6.50. The number of benzene rings is 1. The molecule has 1 atom stereocenters. The molecule has 0 aromatic heterocycles. The van der Waals surface area contributed by atoms with Gasteiger partial charge in [0.25, 0.3) is 0 Å². The average Bonchev–Trinajstić information content (AvgIpc) is 2.06. The van der Waals surface area contributed by atoms with Crippen molar-refractivity contribution in [2.75, 3.05) is 0 Å². The highest BCUT2D eigenvalue weighted by Crippen LogP contribution is 2.43. The Balaban J connectivity index is 2.63. The average molecular weight is 304 g/mol. The van der Waals surface area contributed by atoms with Crippen LogP contribution < -0.4 is 0 Å². The molecule has 1 aliphatic rings. The van der Waals surface area contributed by atoms with Crippen LogP contribution in [-0.2, 0) is 9.84 Å². The quantitative estimate of drug-likeness (QED) is 0.499. The monoisotopic (exact) mass is 304 g/mol. The van der Waals surface area contributed by atoms with Crippen molar-refractivity contribution >= 4 is 22.6 Å². The Hall–Kier alpha value is -0.120. The van der Waals surface area contributed by atoms with Crippen LogP contribution in [0.4, 0.5) is 4.39 Å². The lowest BCUT2D eigenvalue weighted by molar-refractivity contribution is 0.529. The zero-order chi connectivity index (χ0) is 10.3. The predicted molar refractivity (Wildman–Crippen MR) is 65.4 cm³/mol. The van der Waals surface area contributed by atoms with E-state index < -0.39 is 0 Å². The molecule has 0 saturated carbocycles. The first-order valence-electron chi connectivity index (χ1n) is 4.99. The number of hydrogen-bond acceptors (Lipinski definition) is 0. The first-order valence-corrected chi connectivity index (χ1v) is 6.07. The molecular weight excluding hydrogens is 290 g/mol. The van der Waals surface area contributed by atoms with Gasteiger partial charge >= 0.3 is 0 Å². The Kier molecular flexibility index (Phi) is 2.58. The molecule has 1 aliphatic carbocycles. The van der Waals surface area contributed by atoms with Gasteiger partial charge in [0.2, 0.25) is 0 Å². The van der Waals surface area contributed by atoms with E-state index in [0.717, 1.165) is 30.4 Å². The molecule has 76 valence electrons. The maximum atomic E-state index is 13.7. The Morgan fingerprint density at radius 1 is 1.43 bits per heavy atom. The van der Waals surface area contributed by atoms with Gasteiger partial charge in [0.1, 0.15) is 5.82 Å². The molecule has 1 unspecified atom stereocenters. The fraction of sp³-hybridized carbons (Fsp3) is 0.500. The molecule has 14 heavy (non-hydrogen) atoms. The lowest BCUT2D eigenvalue weighted by Crippen LogP contribution is -2.21. The van der Waals surface area contributed by atoms with Gasteiger partial charge < -0.3 is 0 Å². The summed E-state index contributed by atoms with van der Waals surface area (Å²) in [5.41, 5.74) is 3.19. The normalized spacial score (nSPS) is 26.0. The molecule has 0 amide bonds. The van der Waals surface area contributed by atoms with Gasteiger partial charge in [0.05, 0.1) is 0 Å². The van der Waals surface area contributed by atoms with E-state index in [9.17, 15) is 4.39 Å². The SMILES string of the molecule is Cc1cc(F)c2c(c1)C(C)(I)CCC2. The predicted octanol–water partition coefficient (Wildman–Crippen LogP) is 4.12. The van der Waals surface area contributed by atoms with Crippen molar-refractivity contribution in [3.8, 4) is 0 Å². The third-order valence-corrected chi connectivity index (χ3v) is 4.09.